The molecule has 1 aromatic heterocycles. The van der Waals surface area contributed by atoms with E-state index >= 15 is 0 Å². The van der Waals surface area contributed by atoms with E-state index in [1.54, 1.807) is 14.2 Å². The van der Waals surface area contributed by atoms with E-state index in [-0.39, 0.29) is 24.0 Å². The van der Waals surface area contributed by atoms with Crippen LogP contribution in [0.25, 0.3) is 10.8 Å². The highest BCUT2D eigenvalue weighted by Gasteiger charge is 2.24. The van der Waals surface area contributed by atoms with Gasteiger partial charge in [0.2, 0.25) is 0 Å². The van der Waals surface area contributed by atoms with Crippen LogP contribution in [0.4, 0.5) is 5.69 Å². The van der Waals surface area contributed by atoms with Gasteiger partial charge in [-0.3, -0.25) is 4.98 Å². The molecule has 0 amide bonds. The summed E-state index contributed by atoms with van der Waals surface area (Å²) in [5, 5.41) is 9.30. The maximum absolute atomic E-state index is 5.43. The molecule has 0 spiro atoms. The maximum atomic E-state index is 5.43. The molecule has 4 rings (SSSR count). The SMILES string of the molecule is CCNC(=NCc1nccc2ccccc12)NC1CCN(c2cc(OC)cc(OC)c2)C1.I. The van der Waals surface area contributed by atoms with Gasteiger partial charge in [-0.2, -0.15) is 0 Å². The van der Waals surface area contributed by atoms with Crippen LogP contribution in [-0.2, 0) is 6.54 Å². The summed E-state index contributed by atoms with van der Waals surface area (Å²) in [6.07, 6.45) is 2.88. The zero-order chi connectivity index (χ0) is 22.3. The van der Waals surface area contributed by atoms with Gasteiger partial charge in [-0.25, -0.2) is 4.99 Å². The third kappa shape index (κ3) is 6.19. The first-order valence-electron chi connectivity index (χ1n) is 11.1. The molecule has 1 atom stereocenters. The fourth-order valence-electron chi connectivity index (χ4n) is 4.06. The first kappa shape index (κ1) is 24.9. The summed E-state index contributed by atoms with van der Waals surface area (Å²) < 4.78 is 10.9. The van der Waals surface area contributed by atoms with Gasteiger partial charge in [0.1, 0.15) is 11.5 Å². The molecule has 2 heterocycles. The van der Waals surface area contributed by atoms with E-state index in [1.165, 1.54) is 5.39 Å². The van der Waals surface area contributed by atoms with Crippen molar-refractivity contribution in [2.24, 2.45) is 4.99 Å². The standard InChI is InChI=1S/C25H31N5O2.HI/c1-4-26-25(28-16-24-23-8-6-5-7-18(23)9-11-27-24)29-19-10-12-30(17-19)20-13-21(31-2)15-22(14-20)32-3;/h5-9,11,13-15,19H,4,10,12,16-17H2,1-3H3,(H2,26,28,29);1H. The monoisotopic (exact) mass is 561 g/mol. The van der Waals surface area contributed by atoms with Gasteiger partial charge in [-0.1, -0.05) is 24.3 Å². The zero-order valence-electron chi connectivity index (χ0n) is 19.4. The Balaban J connectivity index is 0.00000306. The smallest absolute Gasteiger partial charge is 0.191 e. The fourth-order valence-corrected chi connectivity index (χ4v) is 4.06. The number of benzene rings is 2. The van der Waals surface area contributed by atoms with Crippen LogP contribution in [0, 0.1) is 0 Å². The lowest BCUT2D eigenvalue weighted by Gasteiger charge is -2.21. The van der Waals surface area contributed by atoms with E-state index in [9.17, 15) is 0 Å². The van der Waals surface area contributed by atoms with Crippen molar-refractivity contribution in [1.29, 1.82) is 0 Å². The number of aliphatic imine (C=N–C) groups is 1. The Kier molecular flexibility index (Phi) is 8.99. The van der Waals surface area contributed by atoms with Crippen LogP contribution in [0.3, 0.4) is 0 Å². The average molecular weight is 561 g/mol. The Bertz CT molecular complexity index is 1060. The van der Waals surface area contributed by atoms with Gasteiger partial charge in [0.05, 0.1) is 26.5 Å². The number of aromatic nitrogens is 1. The Morgan fingerprint density at radius 3 is 2.61 bits per heavy atom. The summed E-state index contributed by atoms with van der Waals surface area (Å²) >= 11 is 0. The topological polar surface area (TPSA) is 71.0 Å². The number of guanidine groups is 1. The molecule has 33 heavy (non-hydrogen) atoms. The molecule has 7 nitrogen and oxygen atoms in total. The van der Waals surface area contributed by atoms with E-state index < -0.39 is 0 Å². The van der Waals surface area contributed by atoms with Crippen LogP contribution in [0.1, 0.15) is 19.0 Å². The van der Waals surface area contributed by atoms with Crippen molar-refractivity contribution in [1.82, 2.24) is 15.6 Å². The molecule has 0 saturated carbocycles. The number of nitrogens with one attached hydrogen (secondary N) is 2. The van der Waals surface area contributed by atoms with Crippen LogP contribution >= 0.6 is 24.0 Å². The van der Waals surface area contributed by atoms with Gasteiger partial charge in [-0.15, -0.1) is 24.0 Å². The van der Waals surface area contributed by atoms with E-state index in [4.69, 9.17) is 14.5 Å². The summed E-state index contributed by atoms with van der Waals surface area (Å²) in [6, 6.07) is 16.6. The van der Waals surface area contributed by atoms with Crippen molar-refractivity contribution < 1.29 is 9.47 Å². The minimum absolute atomic E-state index is 0. The third-order valence-electron chi connectivity index (χ3n) is 5.72. The number of hydrogen-bond acceptors (Lipinski definition) is 5. The highest BCUT2D eigenvalue weighted by atomic mass is 127. The first-order valence-corrected chi connectivity index (χ1v) is 11.1. The van der Waals surface area contributed by atoms with Crippen LogP contribution in [0.2, 0.25) is 0 Å². The van der Waals surface area contributed by atoms with Crippen molar-refractivity contribution in [3.05, 3.63) is 60.4 Å². The molecule has 2 N–H and O–H groups in total. The van der Waals surface area contributed by atoms with Crippen LogP contribution < -0.4 is 25.0 Å². The molecule has 3 aromatic rings. The summed E-state index contributed by atoms with van der Waals surface area (Å²) in [7, 11) is 3.35. The minimum Gasteiger partial charge on any atom is -0.497 e. The Morgan fingerprint density at radius 1 is 1.12 bits per heavy atom. The number of halogens is 1. The Morgan fingerprint density at radius 2 is 1.88 bits per heavy atom. The predicted molar refractivity (Wildman–Crippen MR) is 145 cm³/mol. The number of ether oxygens (including phenoxy) is 2. The predicted octanol–water partition coefficient (Wildman–Crippen LogP) is 4.20. The molecule has 0 aliphatic carbocycles. The molecule has 176 valence electrons. The molecular weight excluding hydrogens is 529 g/mol. The fraction of sp³-hybridized carbons (Fsp3) is 0.360. The highest BCUT2D eigenvalue weighted by Crippen LogP contribution is 2.30. The lowest BCUT2D eigenvalue weighted by molar-refractivity contribution is 0.394. The quantitative estimate of drug-likeness (QED) is 0.256. The number of nitrogens with zero attached hydrogens (tertiary/aromatic N) is 3. The van der Waals surface area contributed by atoms with E-state index in [2.05, 4.69) is 51.7 Å². The molecule has 1 fully saturated rings. The maximum Gasteiger partial charge on any atom is 0.191 e. The normalized spacial score (nSPS) is 15.8. The van der Waals surface area contributed by atoms with Crippen molar-refractivity contribution in [3.63, 3.8) is 0 Å². The largest absolute Gasteiger partial charge is 0.497 e. The van der Waals surface area contributed by atoms with Crippen LogP contribution in [0.5, 0.6) is 11.5 Å². The second kappa shape index (κ2) is 11.9. The number of fused-ring (bicyclic) bond motifs is 1. The van der Waals surface area contributed by atoms with Gasteiger partial charge in [0, 0.05) is 61.1 Å². The number of hydrogen-bond donors (Lipinski definition) is 2. The second-order valence-electron chi connectivity index (χ2n) is 7.82. The molecule has 8 heteroatoms. The summed E-state index contributed by atoms with van der Waals surface area (Å²) in [6.45, 7) is 5.25. The second-order valence-corrected chi connectivity index (χ2v) is 7.82. The molecule has 1 aliphatic heterocycles. The lowest BCUT2D eigenvalue weighted by atomic mass is 10.1. The average Bonchev–Trinajstić information content (AvgIpc) is 3.31. The van der Waals surface area contributed by atoms with Crippen molar-refractivity contribution in [2.45, 2.75) is 25.9 Å². The van der Waals surface area contributed by atoms with Gasteiger partial charge in [0.25, 0.3) is 0 Å². The van der Waals surface area contributed by atoms with Crippen molar-refractivity contribution in [3.8, 4) is 11.5 Å². The summed E-state index contributed by atoms with van der Waals surface area (Å²) in [5.41, 5.74) is 2.09. The lowest BCUT2D eigenvalue weighted by Crippen LogP contribution is -2.44. The van der Waals surface area contributed by atoms with E-state index in [1.807, 2.05) is 30.5 Å². The van der Waals surface area contributed by atoms with E-state index in [0.717, 1.165) is 60.3 Å². The van der Waals surface area contributed by atoms with Gasteiger partial charge in [0.15, 0.2) is 5.96 Å². The van der Waals surface area contributed by atoms with Crippen molar-refractivity contribution >= 4 is 46.4 Å². The number of pyridine rings is 1. The van der Waals surface area contributed by atoms with Gasteiger partial charge < -0.3 is 25.0 Å². The third-order valence-corrected chi connectivity index (χ3v) is 5.72. The molecular formula is C25H32IN5O2. The molecule has 1 unspecified atom stereocenters. The van der Waals surface area contributed by atoms with Crippen molar-refractivity contribution in [2.75, 3.05) is 38.8 Å². The number of methoxy groups -OCH3 is 2. The molecule has 2 aromatic carbocycles. The Hall–Kier alpha value is -2.75. The molecule has 1 aliphatic rings. The Labute approximate surface area is 212 Å². The zero-order valence-corrected chi connectivity index (χ0v) is 21.7. The van der Waals surface area contributed by atoms with E-state index in [0.29, 0.717) is 12.6 Å². The minimum atomic E-state index is 0. The van der Waals surface area contributed by atoms with Crippen LogP contribution in [0.15, 0.2) is 59.7 Å². The number of rotatable bonds is 7. The summed E-state index contributed by atoms with van der Waals surface area (Å²) in [5.74, 6) is 2.42. The first-order chi connectivity index (χ1) is 15.7. The highest BCUT2D eigenvalue weighted by molar-refractivity contribution is 14.0. The summed E-state index contributed by atoms with van der Waals surface area (Å²) in [4.78, 5) is 11.7. The van der Waals surface area contributed by atoms with Gasteiger partial charge >= 0.3 is 0 Å². The molecule has 1 saturated heterocycles. The molecule has 0 radical (unpaired) electrons. The molecule has 0 bridgehead atoms. The van der Waals surface area contributed by atoms with Crippen LogP contribution in [-0.4, -0.2) is 50.8 Å². The number of anilines is 1. The van der Waals surface area contributed by atoms with Gasteiger partial charge in [-0.05, 0) is 24.8 Å².